The van der Waals surface area contributed by atoms with Gasteiger partial charge < -0.3 is 4.42 Å². The molecule has 1 heterocycles. The maximum Gasteiger partial charge on any atom is 0.347 e. The van der Waals surface area contributed by atoms with E-state index in [4.69, 9.17) is 4.42 Å². The average Bonchev–Trinajstić information content (AvgIpc) is 2.68. The van der Waals surface area contributed by atoms with Crippen molar-refractivity contribution in [1.29, 1.82) is 0 Å². The maximum absolute atomic E-state index is 12.9. The molecule has 0 amide bonds. The topological polar surface area (TPSA) is 43.1 Å². The second kappa shape index (κ2) is 6.51. The fourth-order valence-electron chi connectivity index (χ4n) is 3.55. The normalized spacial score (nSPS) is 11.7. The van der Waals surface area contributed by atoms with Gasteiger partial charge in [-0.15, -0.1) is 0 Å². The molecule has 0 N–H and O–H groups in total. The van der Waals surface area contributed by atoms with E-state index in [1.807, 2.05) is 67.6 Å². The monoisotopic (exact) mass is 355 g/mol. The Morgan fingerprint density at radius 3 is 2.37 bits per heavy atom. The van der Waals surface area contributed by atoms with Gasteiger partial charge in [0.2, 0.25) is 5.89 Å². The van der Waals surface area contributed by atoms with Crippen LogP contribution in [-0.4, -0.2) is 4.98 Å². The lowest BCUT2D eigenvalue weighted by molar-refractivity contribution is 0.515. The second-order valence-electron chi connectivity index (χ2n) is 7.37. The van der Waals surface area contributed by atoms with Gasteiger partial charge in [0.1, 0.15) is 0 Å². The number of fused-ring (bicyclic) bond motifs is 1. The molecule has 27 heavy (non-hydrogen) atoms. The van der Waals surface area contributed by atoms with Crippen LogP contribution in [0.5, 0.6) is 0 Å². The highest BCUT2D eigenvalue weighted by Gasteiger charge is 2.27. The van der Waals surface area contributed by atoms with Crippen LogP contribution in [0.1, 0.15) is 30.5 Å². The van der Waals surface area contributed by atoms with Gasteiger partial charge in [0.05, 0.1) is 10.9 Å². The van der Waals surface area contributed by atoms with E-state index >= 15 is 0 Å². The molecular weight excluding hydrogens is 334 g/mol. The number of benzene rings is 3. The molecule has 0 saturated carbocycles. The van der Waals surface area contributed by atoms with E-state index in [-0.39, 0.29) is 11.0 Å². The smallest absolute Gasteiger partial charge is 0.347 e. The van der Waals surface area contributed by atoms with E-state index in [0.717, 1.165) is 22.3 Å². The van der Waals surface area contributed by atoms with Gasteiger partial charge in [0.15, 0.2) is 0 Å². The summed E-state index contributed by atoms with van der Waals surface area (Å²) in [6.07, 6.45) is 0. The van der Waals surface area contributed by atoms with Crippen molar-refractivity contribution in [3.05, 3.63) is 99.9 Å². The lowest BCUT2D eigenvalue weighted by Gasteiger charge is -2.27. The zero-order valence-electron chi connectivity index (χ0n) is 15.7. The van der Waals surface area contributed by atoms with Gasteiger partial charge in [-0.25, -0.2) is 9.78 Å². The predicted molar refractivity (Wildman–Crippen MR) is 109 cm³/mol. The van der Waals surface area contributed by atoms with Gasteiger partial charge in [0, 0.05) is 11.0 Å². The van der Waals surface area contributed by atoms with Crippen molar-refractivity contribution in [2.75, 3.05) is 0 Å². The lowest BCUT2D eigenvalue weighted by atomic mass is 9.77. The summed E-state index contributed by atoms with van der Waals surface area (Å²) in [6, 6.07) is 23.8. The summed E-state index contributed by atoms with van der Waals surface area (Å²) < 4.78 is 5.64. The first-order valence-corrected chi connectivity index (χ1v) is 9.04. The van der Waals surface area contributed by atoms with Crippen LogP contribution in [0.2, 0.25) is 0 Å². The molecule has 1 aromatic heterocycles. The van der Waals surface area contributed by atoms with E-state index in [2.05, 4.69) is 31.0 Å². The average molecular weight is 355 g/mol. The van der Waals surface area contributed by atoms with Crippen LogP contribution in [0.4, 0.5) is 0 Å². The van der Waals surface area contributed by atoms with Crippen LogP contribution in [0.15, 0.2) is 82.0 Å². The molecule has 0 radical (unpaired) electrons. The molecule has 4 rings (SSSR count). The van der Waals surface area contributed by atoms with Gasteiger partial charge in [-0.05, 0) is 36.2 Å². The van der Waals surface area contributed by atoms with Gasteiger partial charge in [0.25, 0.3) is 0 Å². The maximum atomic E-state index is 12.9. The quantitative estimate of drug-likeness (QED) is 0.488. The molecule has 134 valence electrons. The summed E-state index contributed by atoms with van der Waals surface area (Å²) in [6.45, 7) is 6.24. The van der Waals surface area contributed by atoms with Gasteiger partial charge >= 0.3 is 5.63 Å². The molecule has 0 spiro atoms. The molecule has 3 aromatic carbocycles. The number of aryl methyl sites for hydroxylation is 1. The van der Waals surface area contributed by atoms with Crippen LogP contribution >= 0.6 is 0 Å². The molecule has 0 aliphatic rings. The molecule has 0 bridgehead atoms. The Bertz CT molecular complexity index is 1170. The van der Waals surface area contributed by atoms with Crippen LogP contribution < -0.4 is 5.63 Å². The molecule has 3 heteroatoms. The summed E-state index contributed by atoms with van der Waals surface area (Å²) in [7, 11) is 0. The zero-order chi connectivity index (χ0) is 19.0. The van der Waals surface area contributed by atoms with Crippen molar-refractivity contribution in [2.24, 2.45) is 0 Å². The first-order chi connectivity index (χ1) is 13.0. The Morgan fingerprint density at radius 2 is 1.63 bits per heavy atom. The number of hydrogen-bond donors (Lipinski definition) is 0. The van der Waals surface area contributed by atoms with E-state index in [9.17, 15) is 4.79 Å². The summed E-state index contributed by atoms with van der Waals surface area (Å²) in [5.41, 5.74) is 3.92. The Morgan fingerprint density at radius 1 is 0.889 bits per heavy atom. The van der Waals surface area contributed by atoms with Gasteiger partial charge in [-0.2, -0.15) is 0 Å². The van der Waals surface area contributed by atoms with Crippen molar-refractivity contribution >= 4 is 10.9 Å². The van der Waals surface area contributed by atoms with E-state index in [1.54, 1.807) is 0 Å². The zero-order valence-corrected chi connectivity index (χ0v) is 15.7. The van der Waals surface area contributed by atoms with E-state index in [0.29, 0.717) is 16.8 Å². The molecule has 0 saturated heterocycles. The van der Waals surface area contributed by atoms with Crippen LogP contribution in [0.3, 0.4) is 0 Å². The Kier molecular flexibility index (Phi) is 4.15. The third-order valence-corrected chi connectivity index (χ3v) is 5.09. The Labute approximate surface area is 158 Å². The highest BCUT2D eigenvalue weighted by molar-refractivity contribution is 5.83. The van der Waals surface area contributed by atoms with E-state index in [1.165, 1.54) is 0 Å². The molecule has 3 nitrogen and oxygen atoms in total. The standard InChI is InChI=1S/C24H21NO2/c1-16-9-7-10-17(15-16)22-25-20-14-8-13-19(21(20)23(26)27-22)24(2,3)18-11-5-4-6-12-18/h4-15H,1-3H3. The number of nitrogens with zero attached hydrogens (tertiary/aromatic N) is 1. The summed E-state index contributed by atoms with van der Waals surface area (Å²) in [5, 5.41) is 0.544. The fraction of sp³-hybridized carbons (Fsp3) is 0.167. The predicted octanol–water partition coefficient (Wildman–Crippen LogP) is 5.49. The minimum absolute atomic E-state index is 0.345. The highest BCUT2D eigenvalue weighted by atomic mass is 16.4. The Balaban J connectivity index is 1.94. The minimum atomic E-state index is -0.351. The van der Waals surface area contributed by atoms with Crippen molar-refractivity contribution < 1.29 is 4.42 Å². The molecular formula is C24H21NO2. The SMILES string of the molecule is Cc1cccc(-c2nc3cccc(C(C)(C)c4ccccc4)c3c(=O)o2)c1. The van der Waals surface area contributed by atoms with Crippen LogP contribution in [-0.2, 0) is 5.41 Å². The van der Waals surface area contributed by atoms with Crippen molar-refractivity contribution in [2.45, 2.75) is 26.2 Å². The van der Waals surface area contributed by atoms with E-state index < -0.39 is 0 Å². The first kappa shape index (κ1) is 17.2. The first-order valence-electron chi connectivity index (χ1n) is 9.04. The number of rotatable bonds is 3. The minimum Gasteiger partial charge on any atom is -0.403 e. The third kappa shape index (κ3) is 3.06. The third-order valence-electron chi connectivity index (χ3n) is 5.09. The number of aromatic nitrogens is 1. The largest absolute Gasteiger partial charge is 0.403 e. The summed E-state index contributed by atoms with van der Waals surface area (Å²) in [5.74, 6) is 0.353. The molecule has 0 atom stereocenters. The van der Waals surface area contributed by atoms with Gasteiger partial charge in [-0.3, -0.25) is 0 Å². The van der Waals surface area contributed by atoms with Crippen molar-refractivity contribution in [3.8, 4) is 11.5 Å². The Hall–Kier alpha value is -3.20. The highest BCUT2D eigenvalue weighted by Crippen LogP contribution is 2.34. The fourth-order valence-corrected chi connectivity index (χ4v) is 3.55. The van der Waals surface area contributed by atoms with Gasteiger partial charge in [-0.1, -0.05) is 74.0 Å². The molecule has 4 aromatic rings. The number of hydrogen-bond acceptors (Lipinski definition) is 3. The molecule has 0 fully saturated rings. The molecule has 0 aliphatic carbocycles. The molecule has 0 unspecified atom stereocenters. The summed E-state index contributed by atoms with van der Waals surface area (Å²) >= 11 is 0. The van der Waals surface area contributed by atoms with Crippen molar-refractivity contribution in [1.82, 2.24) is 4.98 Å². The second-order valence-corrected chi connectivity index (χ2v) is 7.37. The van der Waals surface area contributed by atoms with Crippen LogP contribution in [0.25, 0.3) is 22.4 Å². The summed E-state index contributed by atoms with van der Waals surface area (Å²) in [4.78, 5) is 17.6. The molecule has 0 aliphatic heterocycles. The van der Waals surface area contributed by atoms with Crippen LogP contribution in [0, 0.1) is 6.92 Å². The lowest BCUT2D eigenvalue weighted by Crippen LogP contribution is -2.21. The van der Waals surface area contributed by atoms with Crippen molar-refractivity contribution in [3.63, 3.8) is 0 Å².